The highest BCUT2D eigenvalue weighted by Gasteiger charge is 2.41. The summed E-state index contributed by atoms with van der Waals surface area (Å²) >= 11 is 3.72. The van der Waals surface area contributed by atoms with Gasteiger partial charge in [0.2, 0.25) is 5.91 Å². The monoisotopic (exact) mass is 322 g/mol. The zero-order chi connectivity index (χ0) is 14.8. The molecule has 3 rings (SSSR count). The standard InChI is InChI=1S/C16H22N2OS2/c1-11-16(19)18(13-4-3-9-21-10-13)15(17-11)12-5-7-14(20-2)8-6-12/h5-8,11,13,15,17H,3-4,9-10H2,1-2H3. The van der Waals surface area contributed by atoms with E-state index in [9.17, 15) is 4.79 Å². The van der Waals surface area contributed by atoms with Crippen LogP contribution >= 0.6 is 23.5 Å². The van der Waals surface area contributed by atoms with Crippen molar-refractivity contribution in [2.24, 2.45) is 0 Å². The van der Waals surface area contributed by atoms with Gasteiger partial charge in [-0.15, -0.1) is 11.8 Å². The number of carbonyl (C=O) groups is 1. The van der Waals surface area contributed by atoms with E-state index in [0.29, 0.717) is 6.04 Å². The molecule has 1 aromatic rings. The van der Waals surface area contributed by atoms with Crippen molar-refractivity contribution < 1.29 is 4.79 Å². The molecule has 1 N–H and O–H groups in total. The van der Waals surface area contributed by atoms with Gasteiger partial charge in [-0.1, -0.05) is 12.1 Å². The molecule has 1 aromatic carbocycles. The molecule has 0 spiro atoms. The molecule has 3 nitrogen and oxygen atoms in total. The second-order valence-electron chi connectivity index (χ2n) is 5.68. The summed E-state index contributed by atoms with van der Waals surface area (Å²) in [6.45, 7) is 1.97. The van der Waals surface area contributed by atoms with Crippen LogP contribution in [0.3, 0.4) is 0 Å². The normalized spacial score (nSPS) is 29.9. The lowest BCUT2D eigenvalue weighted by Crippen LogP contribution is -2.42. The first-order valence-corrected chi connectivity index (χ1v) is 9.88. The average Bonchev–Trinajstić information content (AvgIpc) is 2.84. The first-order chi connectivity index (χ1) is 10.2. The molecule has 0 saturated carbocycles. The van der Waals surface area contributed by atoms with Crippen LogP contribution in [0.1, 0.15) is 31.5 Å². The number of hydrogen-bond donors (Lipinski definition) is 1. The molecule has 2 saturated heterocycles. The van der Waals surface area contributed by atoms with E-state index in [1.54, 1.807) is 11.8 Å². The Hall–Kier alpha value is -0.650. The number of thioether (sulfide) groups is 2. The van der Waals surface area contributed by atoms with Crippen LogP contribution in [-0.2, 0) is 4.79 Å². The second-order valence-corrected chi connectivity index (χ2v) is 7.71. The average molecular weight is 322 g/mol. The molecule has 2 aliphatic rings. The maximum absolute atomic E-state index is 12.6. The number of benzene rings is 1. The fraction of sp³-hybridized carbons (Fsp3) is 0.562. The highest BCUT2D eigenvalue weighted by Crippen LogP contribution is 2.33. The van der Waals surface area contributed by atoms with Crippen LogP contribution in [0.2, 0.25) is 0 Å². The van der Waals surface area contributed by atoms with Gasteiger partial charge in [-0.25, -0.2) is 0 Å². The minimum absolute atomic E-state index is 0.0344. The smallest absolute Gasteiger partial charge is 0.241 e. The van der Waals surface area contributed by atoms with Crippen LogP contribution < -0.4 is 5.32 Å². The summed E-state index contributed by atoms with van der Waals surface area (Å²) in [6.07, 6.45) is 4.46. The number of hydrogen-bond acceptors (Lipinski definition) is 4. The van der Waals surface area contributed by atoms with Crippen LogP contribution in [0.15, 0.2) is 29.2 Å². The Labute approximate surface area is 135 Å². The molecule has 21 heavy (non-hydrogen) atoms. The molecule has 0 bridgehead atoms. The summed E-state index contributed by atoms with van der Waals surface area (Å²) in [5, 5.41) is 3.47. The predicted octanol–water partition coefficient (Wildman–Crippen LogP) is 3.12. The Kier molecular flexibility index (Phi) is 4.82. The summed E-state index contributed by atoms with van der Waals surface area (Å²) in [5.74, 6) is 2.55. The van der Waals surface area contributed by atoms with Crippen LogP contribution in [-0.4, -0.2) is 40.7 Å². The zero-order valence-electron chi connectivity index (χ0n) is 12.5. The molecule has 3 atom stereocenters. The van der Waals surface area contributed by atoms with Gasteiger partial charge in [-0.3, -0.25) is 10.1 Å². The Balaban J connectivity index is 1.85. The molecular formula is C16H22N2OS2. The maximum Gasteiger partial charge on any atom is 0.241 e. The molecule has 2 heterocycles. The van der Waals surface area contributed by atoms with E-state index in [0.717, 1.165) is 12.2 Å². The van der Waals surface area contributed by atoms with E-state index in [-0.39, 0.29) is 18.1 Å². The minimum Gasteiger partial charge on any atom is -0.318 e. The third-order valence-electron chi connectivity index (χ3n) is 4.27. The SMILES string of the molecule is CSc1ccc(C2NC(C)C(=O)N2C2CCCSC2)cc1. The Morgan fingerprint density at radius 2 is 2.10 bits per heavy atom. The number of carbonyl (C=O) groups excluding carboxylic acids is 1. The largest absolute Gasteiger partial charge is 0.318 e. The molecule has 5 heteroatoms. The summed E-state index contributed by atoms with van der Waals surface area (Å²) in [6, 6.07) is 8.88. The van der Waals surface area contributed by atoms with Gasteiger partial charge >= 0.3 is 0 Å². The first kappa shape index (κ1) is 15.3. The van der Waals surface area contributed by atoms with Gasteiger partial charge in [0.25, 0.3) is 0 Å². The molecule has 2 fully saturated rings. The summed E-state index contributed by atoms with van der Waals surface area (Å²) in [5.41, 5.74) is 1.20. The maximum atomic E-state index is 12.6. The van der Waals surface area contributed by atoms with E-state index in [1.165, 1.54) is 22.6 Å². The third-order valence-corrected chi connectivity index (χ3v) is 6.21. The van der Waals surface area contributed by atoms with E-state index in [4.69, 9.17) is 0 Å². The van der Waals surface area contributed by atoms with E-state index in [1.807, 2.05) is 18.7 Å². The minimum atomic E-state index is -0.0813. The topological polar surface area (TPSA) is 32.3 Å². The van der Waals surface area contributed by atoms with E-state index >= 15 is 0 Å². The van der Waals surface area contributed by atoms with Crippen LogP contribution in [0.25, 0.3) is 0 Å². The predicted molar refractivity (Wildman–Crippen MR) is 90.8 cm³/mol. The van der Waals surface area contributed by atoms with Crippen molar-refractivity contribution in [2.75, 3.05) is 17.8 Å². The number of nitrogens with one attached hydrogen (secondary N) is 1. The van der Waals surface area contributed by atoms with Gasteiger partial charge in [0.05, 0.1) is 6.04 Å². The van der Waals surface area contributed by atoms with Crippen molar-refractivity contribution in [3.8, 4) is 0 Å². The number of amides is 1. The fourth-order valence-electron chi connectivity index (χ4n) is 3.12. The van der Waals surface area contributed by atoms with Gasteiger partial charge in [0.1, 0.15) is 6.17 Å². The summed E-state index contributed by atoms with van der Waals surface area (Å²) in [4.78, 5) is 15.9. The lowest BCUT2D eigenvalue weighted by atomic mass is 10.1. The van der Waals surface area contributed by atoms with Crippen LogP contribution in [0.5, 0.6) is 0 Å². The van der Waals surface area contributed by atoms with Crippen molar-refractivity contribution in [2.45, 2.75) is 42.9 Å². The van der Waals surface area contributed by atoms with Gasteiger partial charge in [0.15, 0.2) is 0 Å². The van der Waals surface area contributed by atoms with Gasteiger partial charge in [-0.2, -0.15) is 11.8 Å². The third kappa shape index (κ3) is 3.10. The lowest BCUT2D eigenvalue weighted by molar-refractivity contribution is -0.131. The molecular weight excluding hydrogens is 300 g/mol. The summed E-state index contributed by atoms with van der Waals surface area (Å²) in [7, 11) is 0. The van der Waals surface area contributed by atoms with Crippen molar-refractivity contribution in [1.29, 1.82) is 0 Å². The number of nitrogens with zero attached hydrogens (tertiary/aromatic N) is 1. The Morgan fingerprint density at radius 3 is 2.71 bits per heavy atom. The Bertz CT molecular complexity index is 500. The Morgan fingerprint density at radius 1 is 1.33 bits per heavy atom. The summed E-state index contributed by atoms with van der Waals surface area (Å²) < 4.78 is 0. The first-order valence-electron chi connectivity index (χ1n) is 7.50. The van der Waals surface area contributed by atoms with Crippen molar-refractivity contribution >= 4 is 29.4 Å². The lowest BCUT2D eigenvalue weighted by Gasteiger charge is -2.35. The van der Waals surface area contributed by atoms with Gasteiger partial charge in [0, 0.05) is 16.7 Å². The van der Waals surface area contributed by atoms with Crippen molar-refractivity contribution in [3.63, 3.8) is 0 Å². The van der Waals surface area contributed by atoms with Crippen molar-refractivity contribution in [3.05, 3.63) is 29.8 Å². The highest BCUT2D eigenvalue weighted by atomic mass is 32.2. The van der Waals surface area contributed by atoms with E-state index in [2.05, 4.69) is 40.7 Å². The fourth-order valence-corrected chi connectivity index (χ4v) is 4.66. The molecule has 0 aromatic heterocycles. The van der Waals surface area contributed by atoms with Gasteiger partial charge < -0.3 is 4.90 Å². The van der Waals surface area contributed by atoms with Gasteiger partial charge in [-0.05, 0) is 49.5 Å². The molecule has 1 amide bonds. The van der Waals surface area contributed by atoms with Crippen molar-refractivity contribution in [1.82, 2.24) is 10.2 Å². The molecule has 3 unspecified atom stereocenters. The molecule has 114 valence electrons. The van der Waals surface area contributed by atoms with E-state index < -0.39 is 0 Å². The van der Waals surface area contributed by atoms with Crippen LogP contribution in [0, 0.1) is 0 Å². The quantitative estimate of drug-likeness (QED) is 0.867. The number of rotatable bonds is 3. The molecule has 2 aliphatic heterocycles. The van der Waals surface area contributed by atoms with Crippen LogP contribution in [0.4, 0.5) is 0 Å². The molecule has 0 radical (unpaired) electrons. The highest BCUT2D eigenvalue weighted by molar-refractivity contribution is 7.99. The zero-order valence-corrected chi connectivity index (χ0v) is 14.2. The molecule has 0 aliphatic carbocycles. The second kappa shape index (κ2) is 6.63.